The average Bonchev–Trinajstić information content (AvgIpc) is 3.28. The van der Waals surface area contributed by atoms with Crippen molar-refractivity contribution >= 4 is 11.2 Å². The number of nitrogens with zero attached hydrogens (tertiary/aromatic N) is 5. The Morgan fingerprint density at radius 3 is 2.63 bits per heavy atom. The summed E-state index contributed by atoms with van der Waals surface area (Å²) in [7, 11) is 0. The predicted octanol–water partition coefficient (Wildman–Crippen LogP) is 4.94. The van der Waals surface area contributed by atoms with E-state index in [0.29, 0.717) is 24.0 Å². The molecule has 30 heavy (non-hydrogen) atoms. The molecule has 148 valence electrons. The maximum Gasteiger partial charge on any atom is 0.304 e. The number of hydrogen-bond donors (Lipinski definition) is 0. The van der Waals surface area contributed by atoms with Gasteiger partial charge in [-0.15, -0.1) is 0 Å². The van der Waals surface area contributed by atoms with Crippen LogP contribution in [0.2, 0.25) is 0 Å². The molecule has 0 bridgehead atoms. The van der Waals surface area contributed by atoms with E-state index >= 15 is 0 Å². The van der Waals surface area contributed by atoms with Crippen molar-refractivity contribution in [2.45, 2.75) is 20.4 Å². The molecule has 0 unspecified atom stereocenters. The van der Waals surface area contributed by atoms with Gasteiger partial charge in [0, 0.05) is 23.5 Å². The highest BCUT2D eigenvalue weighted by Crippen LogP contribution is 2.31. The fourth-order valence-electron chi connectivity index (χ4n) is 3.53. The molecule has 1 aromatic carbocycles. The van der Waals surface area contributed by atoms with Crippen molar-refractivity contribution in [2.75, 3.05) is 0 Å². The number of hydrogen-bond acceptors (Lipinski definition) is 6. The van der Waals surface area contributed by atoms with Gasteiger partial charge in [-0.25, -0.2) is 4.98 Å². The SMILES string of the molecule is Cc1noc(C)c1-c1cnc2nc(Oc3cccnc3)n(Cc3ccccc3)c2c1. The van der Waals surface area contributed by atoms with Crippen LogP contribution in [0.15, 0.2) is 71.6 Å². The molecule has 0 saturated heterocycles. The molecule has 0 atom stereocenters. The number of benzene rings is 1. The number of rotatable bonds is 5. The fraction of sp³-hybridized carbons (Fsp3) is 0.130. The van der Waals surface area contributed by atoms with Crippen molar-refractivity contribution in [3.05, 3.63) is 84.1 Å². The molecule has 0 amide bonds. The van der Waals surface area contributed by atoms with E-state index in [9.17, 15) is 0 Å². The summed E-state index contributed by atoms with van der Waals surface area (Å²) in [5.74, 6) is 1.38. The predicted molar refractivity (Wildman–Crippen MR) is 112 cm³/mol. The first-order valence-corrected chi connectivity index (χ1v) is 9.60. The summed E-state index contributed by atoms with van der Waals surface area (Å²) in [5, 5.41) is 4.07. The van der Waals surface area contributed by atoms with Gasteiger partial charge in [-0.05, 0) is 37.6 Å². The van der Waals surface area contributed by atoms with Crippen molar-refractivity contribution < 1.29 is 9.26 Å². The van der Waals surface area contributed by atoms with E-state index < -0.39 is 0 Å². The Hall–Kier alpha value is -4.00. The largest absolute Gasteiger partial charge is 0.424 e. The summed E-state index contributed by atoms with van der Waals surface area (Å²) in [6.07, 6.45) is 5.16. The van der Waals surface area contributed by atoms with Gasteiger partial charge in [-0.2, -0.15) is 4.98 Å². The van der Waals surface area contributed by atoms with Gasteiger partial charge >= 0.3 is 6.01 Å². The van der Waals surface area contributed by atoms with Crippen LogP contribution < -0.4 is 4.74 Å². The van der Waals surface area contributed by atoms with Crippen LogP contribution in [-0.2, 0) is 6.54 Å². The van der Waals surface area contributed by atoms with Crippen LogP contribution in [0.3, 0.4) is 0 Å². The minimum absolute atomic E-state index is 0.463. The van der Waals surface area contributed by atoms with Crippen LogP contribution in [-0.4, -0.2) is 24.7 Å². The summed E-state index contributed by atoms with van der Waals surface area (Å²) in [6.45, 7) is 4.42. The molecule has 0 aliphatic carbocycles. The van der Waals surface area contributed by atoms with Crippen LogP contribution in [0, 0.1) is 13.8 Å². The molecule has 7 heteroatoms. The second kappa shape index (κ2) is 7.44. The first-order valence-electron chi connectivity index (χ1n) is 9.60. The van der Waals surface area contributed by atoms with Gasteiger partial charge in [-0.1, -0.05) is 35.5 Å². The Morgan fingerprint density at radius 2 is 1.90 bits per heavy atom. The van der Waals surface area contributed by atoms with Crippen LogP contribution in [0.1, 0.15) is 17.0 Å². The Morgan fingerprint density at radius 1 is 1.03 bits per heavy atom. The molecule has 0 radical (unpaired) electrons. The molecule has 5 rings (SSSR count). The van der Waals surface area contributed by atoms with Gasteiger partial charge in [-0.3, -0.25) is 9.55 Å². The Bertz CT molecular complexity index is 1290. The first kappa shape index (κ1) is 18.1. The first-order chi connectivity index (χ1) is 14.7. The number of aromatic nitrogens is 5. The van der Waals surface area contributed by atoms with Crippen LogP contribution >= 0.6 is 0 Å². The van der Waals surface area contributed by atoms with E-state index in [4.69, 9.17) is 9.26 Å². The van der Waals surface area contributed by atoms with Crippen LogP contribution in [0.5, 0.6) is 11.8 Å². The molecule has 0 saturated carbocycles. The number of fused-ring (bicyclic) bond motifs is 1. The smallest absolute Gasteiger partial charge is 0.304 e. The zero-order valence-electron chi connectivity index (χ0n) is 16.6. The molecule has 4 heterocycles. The summed E-state index contributed by atoms with van der Waals surface area (Å²) in [5.41, 5.74) is 5.33. The quantitative estimate of drug-likeness (QED) is 0.418. The second-order valence-electron chi connectivity index (χ2n) is 7.02. The lowest BCUT2D eigenvalue weighted by atomic mass is 10.1. The third-order valence-corrected chi connectivity index (χ3v) is 4.92. The van der Waals surface area contributed by atoms with Gasteiger partial charge in [0.2, 0.25) is 0 Å². The van der Waals surface area contributed by atoms with Gasteiger partial charge in [0.25, 0.3) is 0 Å². The molecular weight excluding hydrogens is 378 g/mol. The topological polar surface area (TPSA) is 78.9 Å². The highest BCUT2D eigenvalue weighted by Gasteiger charge is 2.18. The average molecular weight is 397 g/mol. The van der Waals surface area contributed by atoms with E-state index in [-0.39, 0.29) is 0 Å². The van der Waals surface area contributed by atoms with Gasteiger partial charge in [0.05, 0.1) is 24.0 Å². The van der Waals surface area contributed by atoms with Crippen molar-refractivity contribution in [3.8, 4) is 22.9 Å². The number of pyridine rings is 2. The molecule has 0 aliphatic rings. The minimum atomic E-state index is 0.463. The molecule has 5 aromatic rings. The molecule has 0 spiro atoms. The van der Waals surface area contributed by atoms with E-state index in [0.717, 1.165) is 33.7 Å². The summed E-state index contributed by atoms with van der Waals surface area (Å²) >= 11 is 0. The normalized spacial score (nSPS) is 11.1. The van der Waals surface area contributed by atoms with E-state index in [1.807, 2.05) is 48.7 Å². The van der Waals surface area contributed by atoms with Crippen molar-refractivity contribution in [2.24, 2.45) is 0 Å². The van der Waals surface area contributed by atoms with Crippen LogP contribution in [0.25, 0.3) is 22.3 Å². The lowest BCUT2D eigenvalue weighted by Crippen LogP contribution is -2.02. The number of imidazole rings is 1. The van der Waals surface area contributed by atoms with Crippen molar-refractivity contribution in [3.63, 3.8) is 0 Å². The van der Waals surface area contributed by atoms with E-state index in [2.05, 4.69) is 38.3 Å². The maximum atomic E-state index is 6.06. The number of aryl methyl sites for hydroxylation is 2. The summed E-state index contributed by atoms with van der Waals surface area (Å²) in [4.78, 5) is 13.3. The standard InChI is InChI=1S/C23H19N5O2/c1-15-21(16(2)30-27-15)18-11-20-22(25-12-18)26-23(29-19-9-6-10-24-13-19)28(20)14-17-7-4-3-5-8-17/h3-13H,14H2,1-2H3. The third-order valence-electron chi connectivity index (χ3n) is 4.92. The maximum absolute atomic E-state index is 6.06. The zero-order chi connectivity index (χ0) is 20.5. The lowest BCUT2D eigenvalue weighted by Gasteiger charge is -2.10. The molecule has 0 fully saturated rings. The Labute approximate surface area is 173 Å². The second-order valence-corrected chi connectivity index (χ2v) is 7.02. The molecule has 0 N–H and O–H groups in total. The zero-order valence-corrected chi connectivity index (χ0v) is 16.6. The number of ether oxygens (including phenoxy) is 1. The highest BCUT2D eigenvalue weighted by molar-refractivity contribution is 5.80. The highest BCUT2D eigenvalue weighted by atomic mass is 16.5. The Balaban J connectivity index is 1.66. The van der Waals surface area contributed by atoms with E-state index in [1.54, 1.807) is 18.6 Å². The Kier molecular flexibility index (Phi) is 4.48. The lowest BCUT2D eigenvalue weighted by molar-refractivity contribution is 0.393. The van der Waals surface area contributed by atoms with Gasteiger partial charge in [0.1, 0.15) is 11.5 Å². The summed E-state index contributed by atoms with van der Waals surface area (Å²) in [6, 6.07) is 16.4. The van der Waals surface area contributed by atoms with Gasteiger partial charge < -0.3 is 9.26 Å². The fourth-order valence-corrected chi connectivity index (χ4v) is 3.53. The minimum Gasteiger partial charge on any atom is -0.424 e. The van der Waals surface area contributed by atoms with Crippen molar-refractivity contribution in [1.29, 1.82) is 0 Å². The monoisotopic (exact) mass is 397 g/mol. The molecule has 0 aliphatic heterocycles. The molecular formula is C23H19N5O2. The van der Waals surface area contributed by atoms with E-state index in [1.165, 1.54) is 0 Å². The van der Waals surface area contributed by atoms with Gasteiger partial charge in [0.15, 0.2) is 5.65 Å². The third kappa shape index (κ3) is 3.30. The van der Waals surface area contributed by atoms with Crippen LogP contribution in [0.4, 0.5) is 0 Å². The van der Waals surface area contributed by atoms with Crippen molar-refractivity contribution in [1.82, 2.24) is 24.7 Å². The molecule has 7 nitrogen and oxygen atoms in total. The summed E-state index contributed by atoms with van der Waals surface area (Å²) < 4.78 is 13.4. The molecule has 4 aromatic heterocycles.